The summed E-state index contributed by atoms with van der Waals surface area (Å²) in [4.78, 5) is 64.7. The van der Waals surface area contributed by atoms with E-state index in [2.05, 4.69) is 20.3 Å². The van der Waals surface area contributed by atoms with Gasteiger partial charge in [-0.25, -0.2) is 14.2 Å². The van der Waals surface area contributed by atoms with Gasteiger partial charge in [-0.1, -0.05) is 17.7 Å². The lowest BCUT2D eigenvalue weighted by atomic mass is 10.1. The van der Waals surface area contributed by atoms with Gasteiger partial charge >= 0.3 is 6.09 Å². The minimum absolute atomic E-state index is 0.0617. The number of carbonyl (C=O) groups excluding carboxylic acids is 3. The zero-order chi connectivity index (χ0) is 30.6. The van der Waals surface area contributed by atoms with Crippen LogP contribution in [0.3, 0.4) is 0 Å². The van der Waals surface area contributed by atoms with Crippen LogP contribution in [-0.4, -0.2) is 81.5 Å². The van der Waals surface area contributed by atoms with Crippen molar-refractivity contribution in [2.75, 3.05) is 33.5 Å². The Hall–Kier alpha value is -4.26. The summed E-state index contributed by atoms with van der Waals surface area (Å²) in [6, 6.07) is 2.77. The molecule has 1 saturated carbocycles. The molecule has 0 aromatic carbocycles. The third-order valence-electron chi connectivity index (χ3n) is 6.66. The monoisotopic (exact) mass is 601 g/mol. The molecule has 0 saturated heterocycles. The van der Waals surface area contributed by atoms with Gasteiger partial charge in [0, 0.05) is 28.2 Å². The average Bonchev–Trinajstić information content (AvgIpc) is 3.66. The maximum absolute atomic E-state index is 14.5. The standard InChI is InChI=1S/C28H33ClFN7O5/c1-35(2)23(38)8-6-5-7-20(42-28(41)36(3)4)26(39)32-18-11-12-21(29)37(27(18)40)15-22-33-24-17(30)14-31-19(25(24)34-22)13-16-9-10-16/h6,8,11-12,14,16,20H,5,7,9-10,13,15H2,1-4H3,(H,32,39)(H,33,34)/b8-6+. The molecule has 14 heteroatoms. The Morgan fingerprint density at radius 1 is 1.24 bits per heavy atom. The highest BCUT2D eigenvalue weighted by Crippen LogP contribution is 2.34. The average molecular weight is 602 g/mol. The number of aromatic amines is 1. The van der Waals surface area contributed by atoms with E-state index in [1.807, 2.05) is 0 Å². The second-order valence-electron chi connectivity index (χ2n) is 10.5. The lowest BCUT2D eigenvalue weighted by Crippen LogP contribution is -2.37. The largest absolute Gasteiger partial charge is 0.436 e. The molecule has 1 aliphatic carbocycles. The van der Waals surface area contributed by atoms with E-state index >= 15 is 0 Å². The van der Waals surface area contributed by atoms with Crippen LogP contribution in [-0.2, 0) is 27.3 Å². The Balaban J connectivity index is 1.53. The number of amides is 3. The Kier molecular flexibility index (Phi) is 9.61. The molecule has 0 spiro atoms. The first kappa shape index (κ1) is 30.7. The van der Waals surface area contributed by atoms with Crippen LogP contribution in [0.25, 0.3) is 11.0 Å². The third-order valence-corrected chi connectivity index (χ3v) is 6.99. The zero-order valence-corrected chi connectivity index (χ0v) is 24.6. The van der Waals surface area contributed by atoms with Crippen LogP contribution < -0.4 is 10.9 Å². The highest BCUT2D eigenvalue weighted by atomic mass is 35.5. The van der Waals surface area contributed by atoms with Gasteiger partial charge in [-0.3, -0.25) is 23.9 Å². The molecular formula is C28H33ClFN7O5. The summed E-state index contributed by atoms with van der Waals surface area (Å²) < 4.78 is 21.0. The number of H-pyrrole nitrogens is 1. The molecule has 3 amide bonds. The van der Waals surface area contributed by atoms with Gasteiger partial charge in [0.2, 0.25) is 5.91 Å². The summed E-state index contributed by atoms with van der Waals surface area (Å²) in [5.74, 6) is -0.729. The SMILES string of the molecule is CN(C)C(=O)/C=C/CCC(OC(=O)N(C)C)C(=O)Nc1ccc(Cl)n(Cc2nc3c(F)cnc(CC4CC4)c3[nH]2)c1=O. The van der Waals surface area contributed by atoms with E-state index in [0.29, 0.717) is 29.4 Å². The van der Waals surface area contributed by atoms with Crippen molar-refractivity contribution in [2.45, 2.75) is 44.8 Å². The minimum atomic E-state index is -1.25. The van der Waals surface area contributed by atoms with Crippen LogP contribution in [0.15, 0.2) is 35.3 Å². The summed E-state index contributed by atoms with van der Waals surface area (Å²) in [6.45, 7) is -0.123. The topological polar surface area (TPSA) is 143 Å². The molecule has 1 fully saturated rings. The molecule has 4 rings (SSSR count). The Morgan fingerprint density at radius 3 is 2.64 bits per heavy atom. The van der Waals surface area contributed by atoms with Crippen LogP contribution >= 0.6 is 11.6 Å². The van der Waals surface area contributed by atoms with Crippen LogP contribution in [0, 0.1) is 11.7 Å². The Morgan fingerprint density at radius 2 is 1.98 bits per heavy atom. The number of likely N-dealkylation sites (N-methyl/N-ethyl adjacent to an activating group) is 1. The number of nitrogens with zero attached hydrogens (tertiary/aromatic N) is 5. The van der Waals surface area contributed by atoms with Crippen LogP contribution in [0.4, 0.5) is 14.9 Å². The fourth-order valence-electron chi connectivity index (χ4n) is 4.10. The molecular weight excluding hydrogens is 569 g/mol. The number of imidazole rings is 1. The third kappa shape index (κ3) is 7.52. The maximum atomic E-state index is 14.5. The zero-order valence-electron chi connectivity index (χ0n) is 23.8. The lowest BCUT2D eigenvalue weighted by molar-refractivity contribution is -0.125. The summed E-state index contributed by atoms with van der Waals surface area (Å²) in [6.07, 6.45) is 5.31. The van der Waals surface area contributed by atoms with Gasteiger partial charge in [0.05, 0.1) is 24.0 Å². The van der Waals surface area contributed by atoms with E-state index < -0.39 is 29.5 Å². The first-order valence-corrected chi connectivity index (χ1v) is 13.8. The maximum Gasteiger partial charge on any atom is 0.410 e. The van der Waals surface area contributed by atoms with Gasteiger partial charge in [0.25, 0.3) is 11.5 Å². The van der Waals surface area contributed by atoms with Gasteiger partial charge in [-0.05, 0) is 56.2 Å². The lowest BCUT2D eigenvalue weighted by Gasteiger charge is -2.20. The molecule has 3 aromatic heterocycles. The summed E-state index contributed by atoms with van der Waals surface area (Å²) in [5, 5.41) is 2.59. The number of allylic oxidation sites excluding steroid dienone is 1. The number of carbonyl (C=O) groups is 3. The van der Waals surface area contributed by atoms with Crippen molar-refractivity contribution < 1.29 is 23.5 Å². The highest BCUT2D eigenvalue weighted by Gasteiger charge is 2.26. The summed E-state index contributed by atoms with van der Waals surface area (Å²) in [7, 11) is 6.16. The predicted octanol–water partition coefficient (Wildman–Crippen LogP) is 3.34. The van der Waals surface area contributed by atoms with Crippen molar-refractivity contribution in [2.24, 2.45) is 5.92 Å². The number of halogens is 2. The molecule has 12 nitrogen and oxygen atoms in total. The van der Waals surface area contributed by atoms with Gasteiger partial charge in [-0.2, -0.15) is 0 Å². The van der Waals surface area contributed by atoms with E-state index in [-0.39, 0.29) is 41.7 Å². The Bertz CT molecular complexity index is 1580. The highest BCUT2D eigenvalue weighted by molar-refractivity contribution is 6.29. The molecule has 1 unspecified atom stereocenters. The first-order valence-electron chi connectivity index (χ1n) is 13.4. The molecule has 1 aliphatic rings. The molecule has 224 valence electrons. The fraction of sp³-hybridized carbons (Fsp3) is 0.429. The number of pyridine rings is 2. The molecule has 3 heterocycles. The van der Waals surface area contributed by atoms with Gasteiger partial charge in [-0.15, -0.1) is 0 Å². The van der Waals surface area contributed by atoms with Crippen molar-refractivity contribution >= 4 is 46.2 Å². The number of aromatic nitrogens is 4. The number of rotatable bonds is 11. The fourth-order valence-corrected chi connectivity index (χ4v) is 4.30. The van der Waals surface area contributed by atoms with E-state index in [1.165, 1.54) is 46.7 Å². The van der Waals surface area contributed by atoms with E-state index in [9.17, 15) is 23.6 Å². The molecule has 0 bridgehead atoms. The van der Waals surface area contributed by atoms with Crippen molar-refractivity contribution in [3.63, 3.8) is 0 Å². The number of fused-ring (bicyclic) bond motifs is 1. The van der Waals surface area contributed by atoms with Crippen LogP contribution in [0.5, 0.6) is 0 Å². The van der Waals surface area contributed by atoms with Crippen LogP contribution in [0.1, 0.15) is 37.2 Å². The van der Waals surface area contributed by atoms with E-state index in [4.69, 9.17) is 16.3 Å². The number of nitrogens with one attached hydrogen (secondary N) is 2. The smallest absolute Gasteiger partial charge is 0.410 e. The minimum Gasteiger partial charge on any atom is -0.436 e. The second kappa shape index (κ2) is 13.1. The number of ether oxygens (including phenoxy) is 1. The van der Waals surface area contributed by atoms with Crippen molar-refractivity contribution in [3.05, 3.63) is 63.3 Å². The summed E-state index contributed by atoms with van der Waals surface area (Å²) >= 11 is 6.33. The van der Waals surface area contributed by atoms with E-state index in [1.54, 1.807) is 20.2 Å². The number of hydrogen-bond acceptors (Lipinski definition) is 7. The molecule has 2 N–H and O–H groups in total. The van der Waals surface area contributed by atoms with Gasteiger partial charge in [0.15, 0.2) is 11.9 Å². The van der Waals surface area contributed by atoms with E-state index in [0.717, 1.165) is 19.0 Å². The molecule has 0 aliphatic heterocycles. The van der Waals surface area contributed by atoms with Crippen LogP contribution in [0.2, 0.25) is 5.15 Å². The molecule has 1 atom stereocenters. The number of anilines is 1. The van der Waals surface area contributed by atoms with Gasteiger partial charge < -0.3 is 24.8 Å². The Labute approximate surface area is 246 Å². The normalized spacial score (nSPS) is 13.8. The first-order chi connectivity index (χ1) is 19.9. The predicted molar refractivity (Wildman–Crippen MR) is 155 cm³/mol. The molecule has 3 aromatic rings. The van der Waals surface area contributed by atoms with Gasteiger partial charge in [0.1, 0.15) is 22.2 Å². The quantitative estimate of drug-likeness (QED) is 0.253. The second-order valence-corrected chi connectivity index (χ2v) is 10.9. The van der Waals surface area contributed by atoms with Crippen molar-refractivity contribution in [1.29, 1.82) is 0 Å². The molecule has 0 radical (unpaired) electrons. The van der Waals surface area contributed by atoms with Crippen molar-refractivity contribution in [1.82, 2.24) is 29.3 Å². The van der Waals surface area contributed by atoms with Crippen molar-refractivity contribution in [3.8, 4) is 0 Å². The molecule has 42 heavy (non-hydrogen) atoms. The number of hydrogen-bond donors (Lipinski definition) is 2. The summed E-state index contributed by atoms with van der Waals surface area (Å²) in [5.41, 5.74) is 0.592.